The highest BCUT2D eigenvalue weighted by atomic mass is 16.2. The van der Waals surface area contributed by atoms with Crippen LogP contribution in [0.2, 0.25) is 0 Å². The third kappa shape index (κ3) is 3.06. The summed E-state index contributed by atoms with van der Waals surface area (Å²) < 4.78 is 0. The molecule has 1 rings (SSSR count). The number of hydrogen-bond acceptors (Lipinski definition) is 3. The number of likely N-dealkylation sites (N-methyl/N-ethyl adjacent to an activating group) is 1. The molecule has 0 heterocycles. The Morgan fingerprint density at radius 3 is 2.56 bits per heavy atom. The van der Waals surface area contributed by atoms with E-state index in [1.165, 1.54) is 0 Å². The van der Waals surface area contributed by atoms with Gasteiger partial charge in [-0.05, 0) is 37.7 Å². The largest absolute Gasteiger partial charge is 0.366 e. The predicted octanol–water partition coefficient (Wildman–Crippen LogP) is 0.252. The van der Waals surface area contributed by atoms with E-state index in [4.69, 9.17) is 5.73 Å². The van der Waals surface area contributed by atoms with Gasteiger partial charge in [0.2, 0.25) is 11.8 Å². The first-order chi connectivity index (χ1) is 7.54. The summed E-state index contributed by atoms with van der Waals surface area (Å²) in [6.07, 6.45) is 0. The highest BCUT2D eigenvalue weighted by Gasteiger charge is 2.06. The van der Waals surface area contributed by atoms with E-state index in [1.54, 1.807) is 32.2 Å². The van der Waals surface area contributed by atoms with E-state index in [1.807, 2.05) is 0 Å². The van der Waals surface area contributed by atoms with Crippen molar-refractivity contribution in [2.45, 2.75) is 6.92 Å². The molecule has 4 N–H and O–H groups in total. The van der Waals surface area contributed by atoms with Crippen LogP contribution >= 0.6 is 0 Å². The predicted molar refractivity (Wildman–Crippen MR) is 62.3 cm³/mol. The van der Waals surface area contributed by atoms with Crippen molar-refractivity contribution in [3.05, 3.63) is 29.3 Å². The molecule has 0 aliphatic rings. The summed E-state index contributed by atoms with van der Waals surface area (Å²) in [6.45, 7) is 2.05. The number of carbonyl (C=O) groups is 2. The zero-order valence-electron chi connectivity index (χ0n) is 9.33. The summed E-state index contributed by atoms with van der Waals surface area (Å²) >= 11 is 0. The Balaban J connectivity index is 2.83. The average Bonchev–Trinajstić information content (AvgIpc) is 2.21. The second-order valence-electron chi connectivity index (χ2n) is 3.47. The summed E-state index contributed by atoms with van der Waals surface area (Å²) in [5.41, 5.74) is 7.07. The van der Waals surface area contributed by atoms with E-state index in [9.17, 15) is 9.59 Å². The van der Waals surface area contributed by atoms with Gasteiger partial charge in [-0.1, -0.05) is 0 Å². The minimum atomic E-state index is -0.476. The van der Waals surface area contributed by atoms with E-state index in [0.29, 0.717) is 11.3 Å². The number of carbonyl (C=O) groups excluding carboxylic acids is 2. The first-order valence-corrected chi connectivity index (χ1v) is 4.89. The van der Waals surface area contributed by atoms with E-state index in [0.717, 1.165) is 5.56 Å². The standard InChI is InChI=1S/C11H15N3O2/c1-7-5-8(11(12)16)3-4-9(7)14-10(15)6-13-2/h3-5,13H,6H2,1-2H3,(H2,12,16)(H,14,15). The topological polar surface area (TPSA) is 84.2 Å². The van der Waals surface area contributed by atoms with E-state index < -0.39 is 5.91 Å². The molecule has 2 amide bonds. The molecule has 0 unspecified atom stereocenters. The quantitative estimate of drug-likeness (QED) is 0.681. The van der Waals surface area contributed by atoms with Gasteiger partial charge in [0.1, 0.15) is 0 Å². The fraction of sp³-hybridized carbons (Fsp3) is 0.273. The molecule has 0 aromatic heterocycles. The van der Waals surface area contributed by atoms with Gasteiger partial charge < -0.3 is 16.4 Å². The lowest BCUT2D eigenvalue weighted by atomic mass is 10.1. The highest BCUT2D eigenvalue weighted by Crippen LogP contribution is 2.15. The maximum absolute atomic E-state index is 11.3. The normalized spacial score (nSPS) is 9.88. The molecule has 0 spiro atoms. The molecule has 0 aliphatic carbocycles. The molecule has 1 aromatic carbocycles. The van der Waals surface area contributed by atoms with Crippen molar-refractivity contribution in [3.8, 4) is 0 Å². The Bertz CT molecular complexity index is 416. The Hall–Kier alpha value is -1.88. The number of aryl methyl sites for hydroxylation is 1. The zero-order chi connectivity index (χ0) is 12.1. The van der Waals surface area contributed by atoms with Gasteiger partial charge in [-0.25, -0.2) is 0 Å². The SMILES string of the molecule is CNCC(=O)Nc1ccc(C(N)=O)cc1C. The van der Waals surface area contributed by atoms with Crippen LogP contribution < -0.4 is 16.4 Å². The van der Waals surface area contributed by atoms with Crippen LogP contribution in [0.3, 0.4) is 0 Å². The number of anilines is 1. The molecular formula is C11H15N3O2. The fourth-order valence-corrected chi connectivity index (χ4v) is 1.31. The van der Waals surface area contributed by atoms with Crippen molar-refractivity contribution >= 4 is 17.5 Å². The van der Waals surface area contributed by atoms with Crippen LogP contribution in [0, 0.1) is 6.92 Å². The van der Waals surface area contributed by atoms with Gasteiger partial charge in [0.25, 0.3) is 0 Å². The summed E-state index contributed by atoms with van der Waals surface area (Å²) in [5, 5.41) is 5.47. The Kier molecular flexibility index (Phi) is 4.02. The van der Waals surface area contributed by atoms with Crippen molar-refractivity contribution in [2.75, 3.05) is 18.9 Å². The summed E-state index contributed by atoms with van der Waals surface area (Å²) in [5.74, 6) is -0.603. The third-order valence-corrected chi connectivity index (χ3v) is 2.12. The van der Waals surface area contributed by atoms with Crippen LogP contribution in [0.25, 0.3) is 0 Å². The van der Waals surface area contributed by atoms with Crippen LogP contribution in [-0.2, 0) is 4.79 Å². The summed E-state index contributed by atoms with van der Waals surface area (Å²) in [6, 6.07) is 4.91. The molecule has 0 aliphatic heterocycles. The maximum Gasteiger partial charge on any atom is 0.248 e. The number of benzene rings is 1. The summed E-state index contributed by atoms with van der Waals surface area (Å²) in [7, 11) is 1.70. The minimum Gasteiger partial charge on any atom is -0.366 e. The lowest BCUT2D eigenvalue weighted by Crippen LogP contribution is -2.25. The van der Waals surface area contributed by atoms with Gasteiger partial charge in [-0.15, -0.1) is 0 Å². The summed E-state index contributed by atoms with van der Waals surface area (Å²) in [4.78, 5) is 22.2. The van der Waals surface area contributed by atoms with Gasteiger partial charge in [-0.2, -0.15) is 0 Å². The third-order valence-electron chi connectivity index (χ3n) is 2.12. The molecule has 0 fully saturated rings. The Morgan fingerprint density at radius 1 is 1.38 bits per heavy atom. The van der Waals surface area contributed by atoms with E-state index in [-0.39, 0.29) is 12.5 Å². The smallest absolute Gasteiger partial charge is 0.248 e. The molecule has 0 radical (unpaired) electrons. The second kappa shape index (κ2) is 5.27. The van der Waals surface area contributed by atoms with Gasteiger partial charge in [0.15, 0.2) is 0 Å². The van der Waals surface area contributed by atoms with Crippen molar-refractivity contribution in [3.63, 3.8) is 0 Å². The molecule has 0 saturated carbocycles. The number of hydrogen-bond donors (Lipinski definition) is 3. The number of amides is 2. The van der Waals surface area contributed by atoms with Crippen LogP contribution in [0.1, 0.15) is 15.9 Å². The Labute approximate surface area is 94.0 Å². The second-order valence-corrected chi connectivity index (χ2v) is 3.47. The number of nitrogens with one attached hydrogen (secondary N) is 2. The van der Waals surface area contributed by atoms with Crippen molar-refractivity contribution in [1.29, 1.82) is 0 Å². The van der Waals surface area contributed by atoms with Crippen LogP contribution in [0.15, 0.2) is 18.2 Å². The van der Waals surface area contributed by atoms with Crippen molar-refractivity contribution in [1.82, 2.24) is 5.32 Å². The van der Waals surface area contributed by atoms with Crippen LogP contribution in [0.4, 0.5) is 5.69 Å². The van der Waals surface area contributed by atoms with Gasteiger partial charge in [0.05, 0.1) is 6.54 Å². The van der Waals surface area contributed by atoms with Gasteiger partial charge in [0, 0.05) is 11.3 Å². The molecule has 16 heavy (non-hydrogen) atoms. The first kappa shape index (κ1) is 12.2. The lowest BCUT2D eigenvalue weighted by Gasteiger charge is -2.08. The monoisotopic (exact) mass is 221 g/mol. The Morgan fingerprint density at radius 2 is 2.06 bits per heavy atom. The molecule has 0 bridgehead atoms. The average molecular weight is 221 g/mol. The van der Waals surface area contributed by atoms with E-state index >= 15 is 0 Å². The number of primary amides is 1. The molecule has 0 saturated heterocycles. The number of rotatable bonds is 4. The lowest BCUT2D eigenvalue weighted by molar-refractivity contribution is -0.115. The van der Waals surface area contributed by atoms with Crippen LogP contribution in [-0.4, -0.2) is 25.4 Å². The molecule has 5 nitrogen and oxygen atoms in total. The van der Waals surface area contributed by atoms with Gasteiger partial charge >= 0.3 is 0 Å². The maximum atomic E-state index is 11.3. The number of nitrogens with two attached hydrogens (primary N) is 1. The minimum absolute atomic E-state index is 0.127. The highest BCUT2D eigenvalue weighted by molar-refractivity contribution is 5.96. The molecule has 86 valence electrons. The molecule has 5 heteroatoms. The van der Waals surface area contributed by atoms with Crippen LogP contribution in [0.5, 0.6) is 0 Å². The van der Waals surface area contributed by atoms with Crippen molar-refractivity contribution in [2.24, 2.45) is 5.73 Å². The molecule has 0 atom stereocenters. The fourth-order valence-electron chi connectivity index (χ4n) is 1.31. The van der Waals surface area contributed by atoms with Crippen molar-refractivity contribution < 1.29 is 9.59 Å². The van der Waals surface area contributed by atoms with E-state index in [2.05, 4.69) is 10.6 Å². The zero-order valence-corrected chi connectivity index (χ0v) is 9.33. The molecular weight excluding hydrogens is 206 g/mol. The van der Waals surface area contributed by atoms with Gasteiger partial charge in [-0.3, -0.25) is 9.59 Å². The first-order valence-electron chi connectivity index (χ1n) is 4.89. The molecule has 1 aromatic rings.